The topological polar surface area (TPSA) is 43.6 Å². The van der Waals surface area contributed by atoms with E-state index in [0.717, 1.165) is 11.3 Å². The fourth-order valence-electron chi connectivity index (χ4n) is 1.63. The summed E-state index contributed by atoms with van der Waals surface area (Å²) in [6.07, 6.45) is 6.71. The molecule has 5 heteroatoms. The molecule has 0 unspecified atom stereocenters. The molecule has 0 aliphatic rings. The Morgan fingerprint density at radius 2 is 1.94 bits per heavy atom. The Hall–Kier alpha value is -2.56. The summed E-state index contributed by atoms with van der Waals surface area (Å²) in [6, 6.07) is 8.61. The van der Waals surface area contributed by atoms with E-state index in [1.807, 2.05) is 24.4 Å². The lowest BCUT2D eigenvalue weighted by atomic mass is 10.2. The summed E-state index contributed by atoms with van der Waals surface area (Å²) in [5.41, 5.74) is 2.46. The summed E-state index contributed by atoms with van der Waals surface area (Å²) in [7, 11) is 0. The van der Waals surface area contributed by atoms with E-state index in [0.29, 0.717) is 5.69 Å². The first kappa shape index (κ1) is 10.6. The van der Waals surface area contributed by atoms with E-state index in [2.05, 4.69) is 15.1 Å². The van der Waals surface area contributed by atoms with E-state index in [9.17, 15) is 4.39 Å². The second kappa shape index (κ2) is 4.37. The largest absolute Gasteiger partial charge is 0.256 e. The number of pyridine rings is 2. The summed E-state index contributed by atoms with van der Waals surface area (Å²) in [5, 5.41) is 4.21. The smallest absolute Gasteiger partial charge is 0.212 e. The normalized spacial score (nSPS) is 10.5. The Kier molecular flexibility index (Phi) is 2.57. The van der Waals surface area contributed by atoms with E-state index < -0.39 is 5.95 Å². The molecule has 0 aromatic carbocycles. The minimum absolute atomic E-state index is 0.504. The van der Waals surface area contributed by atoms with Crippen molar-refractivity contribution in [1.29, 1.82) is 0 Å². The Bertz CT molecular complexity index is 646. The van der Waals surface area contributed by atoms with Crippen molar-refractivity contribution in [3.05, 3.63) is 61.1 Å². The van der Waals surface area contributed by atoms with Crippen LogP contribution in [0.5, 0.6) is 0 Å². The first-order valence-electron chi connectivity index (χ1n) is 5.41. The molecule has 0 saturated carbocycles. The molecule has 0 aliphatic carbocycles. The number of aromatic nitrogens is 4. The second-order valence-electron chi connectivity index (χ2n) is 3.73. The Labute approximate surface area is 103 Å². The molecular weight excluding hydrogens is 231 g/mol. The molecule has 0 amide bonds. The van der Waals surface area contributed by atoms with Gasteiger partial charge in [0.1, 0.15) is 0 Å². The van der Waals surface area contributed by atoms with Gasteiger partial charge in [-0.1, -0.05) is 6.07 Å². The zero-order chi connectivity index (χ0) is 12.4. The van der Waals surface area contributed by atoms with Crippen LogP contribution in [0.2, 0.25) is 0 Å². The lowest BCUT2D eigenvalue weighted by Gasteiger charge is -1.99. The van der Waals surface area contributed by atoms with Crippen LogP contribution in [0, 0.1) is 5.95 Å². The molecule has 0 saturated heterocycles. The Balaban J connectivity index is 1.97. The monoisotopic (exact) mass is 240 g/mol. The van der Waals surface area contributed by atoms with Gasteiger partial charge in [-0.15, -0.1) is 0 Å². The van der Waals surface area contributed by atoms with Crippen LogP contribution in [-0.2, 0) is 0 Å². The summed E-state index contributed by atoms with van der Waals surface area (Å²) in [6.45, 7) is 0. The Morgan fingerprint density at radius 3 is 2.67 bits per heavy atom. The highest BCUT2D eigenvalue weighted by molar-refractivity contribution is 5.57. The summed E-state index contributed by atoms with van der Waals surface area (Å²) >= 11 is 0. The predicted octanol–water partition coefficient (Wildman–Crippen LogP) is 2.47. The number of halogens is 1. The third-order valence-electron chi connectivity index (χ3n) is 2.52. The summed E-state index contributed by atoms with van der Waals surface area (Å²) < 4.78 is 14.4. The van der Waals surface area contributed by atoms with Gasteiger partial charge in [0.25, 0.3) is 0 Å². The molecule has 0 spiro atoms. The van der Waals surface area contributed by atoms with Crippen LogP contribution >= 0.6 is 0 Å². The molecule has 0 fully saturated rings. The van der Waals surface area contributed by atoms with E-state index in [4.69, 9.17) is 0 Å². The standard InChI is InChI=1S/C13H9FN4/c14-13-5-4-11(8-16-13)18-9-10(7-17-18)12-3-1-2-6-15-12/h1-9H. The minimum Gasteiger partial charge on any atom is -0.256 e. The van der Waals surface area contributed by atoms with Crippen LogP contribution in [0.25, 0.3) is 16.9 Å². The molecule has 3 heterocycles. The summed E-state index contributed by atoms with van der Waals surface area (Å²) in [5.74, 6) is -0.504. The lowest BCUT2D eigenvalue weighted by molar-refractivity contribution is 0.582. The van der Waals surface area contributed by atoms with Crippen molar-refractivity contribution >= 4 is 0 Å². The van der Waals surface area contributed by atoms with Gasteiger partial charge in [0.15, 0.2) is 0 Å². The molecule has 0 bridgehead atoms. The van der Waals surface area contributed by atoms with Gasteiger partial charge >= 0.3 is 0 Å². The van der Waals surface area contributed by atoms with Crippen LogP contribution in [-0.4, -0.2) is 19.7 Å². The number of hydrogen-bond donors (Lipinski definition) is 0. The van der Waals surface area contributed by atoms with Gasteiger partial charge in [-0.05, 0) is 24.3 Å². The predicted molar refractivity (Wildman–Crippen MR) is 64.5 cm³/mol. The third kappa shape index (κ3) is 1.98. The zero-order valence-electron chi connectivity index (χ0n) is 9.36. The van der Waals surface area contributed by atoms with Crippen molar-refractivity contribution in [2.45, 2.75) is 0 Å². The molecular formula is C13H9FN4. The SMILES string of the molecule is Fc1ccc(-n2cc(-c3ccccn3)cn2)cn1. The van der Waals surface area contributed by atoms with Crippen LogP contribution in [0.4, 0.5) is 4.39 Å². The van der Waals surface area contributed by atoms with Gasteiger partial charge in [-0.25, -0.2) is 9.67 Å². The highest BCUT2D eigenvalue weighted by Crippen LogP contribution is 2.16. The summed E-state index contributed by atoms with van der Waals surface area (Å²) in [4.78, 5) is 7.84. The highest BCUT2D eigenvalue weighted by Gasteiger charge is 2.04. The first-order chi connectivity index (χ1) is 8.83. The second-order valence-corrected chi connectivity index (χ2v) is 3.73. The molecule has 0 aliphatic heterocycles. The molecule has 0 radical (unpaired) electrons. The van der Waals surface area contributed by atoms with E-state index in [1.165, 1.54) is 12.3 Å². The van der Waals surface area contributed by atoms with Gasteiger partial charge in [-0.2, -0.15) is 9.49 Å². The molecule has 0 N–H and O–H groups in total. The zero-order valence-corrected chi connectivity index (χ0v) is 9.36. The number of hydrogen-bond acceptors (Lipinski definition) is 3. The van der Waals surface area contributed by atoms with Gasteiger partial charge in [0, 0.05) is 18.0 Å². The maximum Gasteiger partial charge on any atom is 0.212 e. The minimum atomic E-state index is -0.504. The highest BCUT2D eigenvalue weighted by atomic mass is 19.1. The van der Waals surface area contributed by atoms with Crippen LogP contribution in [0.1, 0.15) is 0 Å². The van der Waals surface area contributed by atoms with Crippen molar-refractivity contribution < 1.29 is 4.39 Å². The molecule has 3 aromatic rings. The molecule has 4 nitrogen and oxygen atoms in total. The van der Waals surface area contributed by atoms with Crippen molar-refractivity contribution in [3.8, 4) is 16.9 Å². The molecule has 3 aromatic heterocycles. The maximum atomic E-state index is 12.7. The fourth-order valence-corrected chi connectivity index (χ4v) is 1.63. The molecule has 3 rings (SSSR count). The maximum absolute atomic E-state index is 12.7. The van der Waals surface area contributed by atoms with Crippen LogP contribution in [0.15, 0.2) is 55.1 Å². The quantitative estimate of drug-likeness (QED) is 0.646. The van der Waals surface area contributed by atoms with E-state index in [1.54, 1.807) is 23.1 Å². The van der Waals surface area contributed by atoms with E-state index in [-0.39, 0.29) is 0 Å². The average Bonchev–Trinajstić information content (AvgIpc) is 2.90. The van der Waals surface area contributed by atoms with Gasteiger partial charge in [0.05, 0.1) is 23.8 Å². The average molecular weight is 240 g/mol. The van der Waals surface area contributed by atoms with Gasteiger partial charge in [-0.3, -0.25) is 4.98 Å². The van der Waals surface area contributed by atoms with Gasteiger partial charge in [0.2, 0.25) is 5.95 Å². The van der Waals surface area contributed by atoms with Crippen LogP contribution < -0.4 is 0 Å². The number of nitrogens with zero attached hydrogens (tertiary/aromatic N) is 4. The third-order valence-corrected chi connectivity index (χ3v) is 2.52. The molecule has 18 heavy (non-hydrogen) atoms. The lowest BCUT2D eigenvalue weighted by Crippen LogP contribution is -1.95. The molecule has 88 valence electrons. The van der Waals surface area contributed by atoms with Crippen molar-refractivity contribution in [3.63, 3.8) is 0 Å². The number of rotatable bonds is 2. The van der Waals surface area contributed by atoms with Crippen molar-refractivity contribution in [2.75, 3.05) is 0 Å². The first-order valence-corrected chi connectivity index (χ1v) is 5.41. The Morgan fingerprint density at radius 1 is 1.00 bits per heavy atom. The van der Waals surface area contributed by atoms with Crippen molar-refractivity contribution in [1.82, 2.24) is 19.7 Å². The van der Waals surface area contributed by atoms with Crippen LogP contribution in [0.3, 0.4) is 0 Å². The molecule has 0 atom stereocenters. The van der Waals surface area contributed by atoms with E-state index >= 15 is 0 Å². The van der Waals surface area contributed by atoms with Crippen molar-refractivity contribution in [2.24, 2.45) is 0 Å². The van der Waals surface area contributed by atoms with Gasteiger partial charge < -0.3 is 0 Å². The fraction of sp³-hybridized carbons (Fsp3) is 0.